The Morgan fingerprint density at radius 2 is 1.79 bits per heavy atom. The second-order valence-electron chi connectivity index (χ2n) is 17.5. The first-order valence-corrected chi connectivity index (χ1v) is 21.8. The van der Waals surface area contributed by atoms with E-state index < -0.39 is 85.7 Å². The van der Waals surface area contributed by atoms with Crippen LogP contribution in [0.25, 0.3) is 10.9 Å². The van der Waals surface area contributed by atoms with Crippen molar-refractivity contribution in [3.8, 4) is 17.6 Å². The van der Waals surface area contributed by atoms with Crippen molar-refractivity contribution in [2.45, 2.75) is 120 Å². The summed E-state index contributed by atoms with van der Waals surface area (Å²) in [6, 6.07) is 2.17. The van der Waals surface area contributed by atoms with Gasteiger partial charge in [0.2, 0.25) is 27.7 Å². The SMILES string of the molecule is COCC1CC(C)CCC=CC2CC2(C(=O)NS(=O)(=O)C2(C)CC2)NC(=O)C2CC(Oc3nc(OC)c4c(OC)cccc4n3)CN2C(=O)C1NC(=O)OC(C)(C)C(C)(F)F. The molecule has 3 heterocycles. The number of ether oxygens (including phenoxy) is 5. The van der Waals surface area contributed by atoms with Crippen LogP contribution in [0.1, 0.15) is 79.6 Å². The van der Waals surface area contributed by atoms with Crippen LogP contribution < -0.4 is 29.6 Å². The number of rotatable bonds is 12. The van der Waals surface area contributed by atoms with Gasteiger partial charge in [0.1, 0.15) is 34.9 Å². The van der Waals surface area contributed by atoms with Crippen molar-refractivity contribution in [3.05, 3.63) is 30.4 Å². The van der Waals surface area contributed by atoms with Gasteiger partial charge in [0, 0.05) is 32.3 Å². The molecular weight excluding hydrogens is 823 g/mol. The molecular formula is C41H56F2N6O11S. The van der Waals surface area contributed by atoms with Gasteiger partial charge in [-0.15, -0.1) is 0 Å². The Morgan fingerprint density at radius 3 is 2.43 bits per heavy atom. The summed E-state index contributed by atoms with van der Waals surface area (Å²) < 4.78 is 84.6. The first-order valence-electron chi connectivity index (χ1n) is 20.4. The average molecular weight is 879 g/mol. The van der Waals surface area contributed by atoms with Crippen molar-refractivity contribution in [2.24, 2.45) is 17.8 Å². The van der Waals surface area contributed by atoms with Gasteiger partial charge in [-0.2, -0.15) is 9.97 Å². The predicted molar refractivity (Wildman–Crippen MR) is 216 cm³/mol. The molecule has 2 saturated carbocycles. The molecule has 7 atom stereocenters. The molecule has 7 unspecified atom stereocenters. The molecule has 336 valence electrons. The first-order chi connectivity index (χ1) is 28.6. The van der Waals surface area contributed by atoms with E-state index in [-0.39, 0.29) is 43.8 Å². The molecule has 2 aromatic rings. The Morgan fingerprint density at radius 1 is 1.07 bits per heavy atom. The van der Waals surface area contributed by atoms with Crippen LogP contribution >= 0.6 is 0 Å². The third-order valence-electron chi connectivity index (χ3n) is 12.5. The van der Waals surface area contributed by atoms with Gasteiger partial charge in [-0.25, -0.2) is 22.0 Å². The van der Waals surface area contributed by atoms with E-state index in [1.54, 1.807) is 31.2 Å². The lowest BCUT2D eigenvalue weighted by Crippen LogP contribution is -2.60. The molecule has 61 heavy (non-hydrogen) atoms. The van der Waals surface area contributed by atoms with Crippen LogP contribution in [0, 0.1) is 17.8 Å². The van der Waals surface area contributed by atoms with E-state index in [0.717, 1.165) is 13.8 Å². The Hall–Kier alpha value is -4.85. The maximum atomic E-state index is 15.0. The number of nitrogens with one attached hydrogen (secondary N) is 3. The number of alkyl halides is 2. The van der Waals surface area contributed by atoms with Gasteiger partial charge in [0.25, 0.3) is 11.8 Å². The zero-order valence-corrected chi connectivity index (χ0v) is 36.5. The van der Waals surface area contributed by atoms with Crippen LogP contribution in [-0.2, 0) is 33.9 Å². The molecule has 0 spiro atoms. The number of hydrogen-bond donors (Lipinski definition) is 3. The van der Waals surface area contributed by atoms with Crippen molar-refractivity contribution < 1.29 is 60.1 Å². The minimum atomic E-state index is -4.09. The topological polar surface area (TPSA) is 214 Å². The second kappa shape index (κ2) is 17.1. The van der Waals surface area contributed by atoms with Gasteiger partial charge in [-0.1, -0.05) is 25.1 Å². The van der Waals surface area contributed by atoms with Crippen molar-refractivity contribution in [3.63, 3.8) is 0 Å². The highest BCUT2D eigenvalue weighted by molar-refractivity contribution is 7.91. The number of methoxy groups -OCH3 is 3. The van der Waals surface area contributed by atoms with Gasteiger partial charge in [-0.3, -0.25) is 19.1 Å². The van der Waals surface area contributed by atoms with Crippen molar-refractivity contribution in [1.29, 1.82) is 0 Å². The number of allylic oxidation sites excluding steroid dienone is 1. The number of fused-ring (bicyclic) bond motifs is 3. The van der Waals surface area contributed by atoms with Crippen LogP contribution in [0.5, 0.6) is 17.6 Å². The van der Waals surface area contributed by atoms with E-state index in [1.165, 1.54) is 26.2 Å². The molecule has 20 heteroatoms. The number of aromatic nitrogens is 2. The van der Waals surface area contributed by atoms with Crippen molar-refractivity contribution >= 4 is 44.7 Å². The number of benzene rings is 1. The van der Waals surface area contributed by atoms with E-state index in [2.05, 4.69) is 25.3 Å². The number of carbonyl (C=O) groups is 4. The average Bonchev–Trinajstić information content (AvgIpc) is 4.07. The lowest BCUT2D eigenvalue weighted by molar-refractivity contribution is -0.152. The number of carbonyl (C=O) groups excluding carboxylic acids is 4. The molecule has 0 radical (unpaired) electrons. The molecule has 0 bridgehead atoms. The number of nitrogens with zero attached hydrogens (tertiary/aromatic N) is 3. The highest BCUT2D eigenvalue weighted by Crippen LogP contribution is 2.48. The van der Waals surface area contributed by atoms with E-state index >= 15 is 4.79 Å². The molecule has 1 saturated heterocycles. The van der Waals surface area contributed by atoms with Crippen LogP contribution in [0.3, 0.4) is 0 Å². The summed E-state index contributed by atoms with van der Waals surface area (Å²) in [6.07, 6.45) is 3.58. The summed E-state index contributed by atoms with van der Waals surface area (Å²) in [6.45, 7) is 5.90. The Labute approximate surface area is 354 Å². The first kappa shape index (κ1) is 45.7. The van der Waals surface area contributed by atoms with E-state index in [0.29, 0.717) is 55.7 Å². The third kappa shape index (κ3) is 9.49. The van der Waals surface area contributed by atoms with Gasteiger partial charge >= 0.3 is 12.1 Å². The highest BCUT2D eigenvalue weighted by atomic mass is 32.2. The second-order valence-corrected chi connectivity index (χ2v) is 19.7. The lowest BCUT2D eigenvalue weighted by atomic mass is 9.87. The van der Waals surface area contributed by atoms with Gasteiger partial charge in [0.05, 0.1) is 37.6 Å². The van der Waals surface area contributed by atoms with E-state index in [1.807, 2.05) is 13.0 Å². The number of sulfonamides is 1. The van der Waals surface area contributed by atoms with Crippen LogP contribution in [0.15, 0.2) is 30.4 Å². The summed E-state index contributed by atoms with van der Waals surface area (Å²) in [5.41, 5.74) is -3.51. The monoisotopic (exact) mass is 878 g/mol. The zero-order chi connectivity index (χ0) is 44.7. The van der Waals surface area contributed by atoms with Crippen LogP contribution in [0.2, 0.25) is 0 Å². The Balaban J connectivity index is 1.39. The number of amides is 4. The fourth-order valence-corrected chi connectivity index (χ4v) is 9.20. The van der Waals surface area contributed by atoms with Crippen molar-refractivity contribution in [1.82, 2.24) is 30.2 Å². The quantitative estimate of drug-likeness (QED) is 0.257. The highest BCUT2D eigenvalue weighted by Gasteiger charge is 2.63. The summed E-state index contributed by atoms with van der Waals surface area (Å²) in [5, 5.41) is 5.82. The van der Waals surface area contributed by atoms with E-state index in [9.17, 15) is 31.6 Å². The van der Waals surface area contributed by atoms with E-state index in [4.69, 9.17) is 23.7 Å². The Kier molecular flexibility index (Phi) is 12.8. The molecule has 3 fully saturated rings. The molecule has 17 nitrogen and oxygen atoms in total. The zero-order valence-electron chi connectivity index (χ0n) is 35.7. The summed E-state index contributed by atoms with van der Waals surface area (Å²) in [4.78, 5) is 67.3. The molecule has 1 aromatic carbocycles. The smallest absolute Gasteiger partial charge is 0.408 e. The number of hydrogen-bond acceptors (Lipinski definition) is 13. The standard InChI is InChI=1S/C41H56F2N6O11S/c1-23-12-9-10-13-25-20-41(25,35(52)48-61(54,55)39(4)16-17-39)47-32(50)28-19-26(59-36-44-27-14-11-15-29(57-7)30(27)33(46-36)58-8)21-49(28)34(51)31(24(18-23)22-56-6)45-37(53)60-38(2,3)40(5,42)43/h10-11,13-15,23-26,28,31H,9,12,16-22H2,1-8H3,(H,45,53)(H,47,50)(H,48,52). The minimum Gasteiger partial charge on any atom is -0.496 e. The normalized spacial score (nSPS) is 28.0. The molecule has 4 amide bonds. The molecule has 3 N–H and O–H groups in total. The van der Waals surface area contributed by atoms with Crippen LogP contribution in [0.4, 0.5) is 13.6 Å². The minimum absolute atomic E-state index is 0.0399. The molecule has 2 aliphatic heterocycles. The predicted octanol–water partition coefficient (Wildman–Crippen LogP) is 4.04. The number of halogens is 2. The van der Waals surface area contributed by atoms with Crippen molar-refractivity contribution in [2.75, 3.05) is 34.5 Å². The van der Waals surface area contributed by atoms with Gasteiger partial charge < -0.3 is 39.2 Å². The maximum absolute atomic E-state index is 15.0. The number of alkyl carbamates (subject to hydrolysis) is 1. The van der Waals surface area contributed by atoms with Crippen LogP contribution in [-0.4, -0.2) is 122 Å². The third-order valence-corrected chi connectivity index (χ3v) is 14.6. The maximum Gasteiger partial charge on any atom is 0.408 e. The molecule has 4 aliphatic rings. The summed E-state index contributed by atoms with van der Waals surface area (Å²) in [7, 11) is 0.233. The Bertz CT molecular complexity index is 2160. The largest absolute Gasteiger partial charge is 0.496 e. The lowest BCUT2D eigenvalue weighted by Gasteiger charge is -2.35. The van der Waals surface area contributed by atoms with Gasteiger partial charge in [-0.05, 0) is 77.3 Å². The van der Waals surface area contributed by atoms with Gasteiger partial charge in [0.15, 0.2) is 5.60 Å². The fourth-order valence-electron chi connectivity index (χ4n) is 7.89. The molecule has 1 aromatic heterocycles. The molecule has 6 rings (SSSR count). The fraction of sp³-hybridized carbons (Fsp3) is 0.659. The summed E-state index contributed by atoms with van der Waals surface area (Å²) >= 11 is 0. The molecule has 2 aliphatic carbocycles. The summed E-state index contributed by atoms with van der Waals surface area (Å²) in [5.74, 6) is -6.69.